The first-order chi connectivity index (χ1) is 32.0. The molecule has 0 aliphatic rings. The first kappa shape index (κ1) is 49.2. The summed E-state index contributed by atoms with van der Waals surface area (Å²) in [5, 5.41) is 12.7. The summed E-state index contributed by atoms with van der Waals surface area (Å²) in [4.78, 5) is 10.8. The predicted molar refractivity (Wildman–Crippen MR) is 295 cm³/mol. The highest BCUT2D eigenvalue weighted by Gasteiger charge is 2.36. The number of pyridine rings is 1. The van der Waals surface area contributed by atoms with Crippen LogP contribution in [0.15, 0.2) is 140 Å². The molecule has 0 atom stereocenters. The van der Waals surface area contributed by atoms with Gasteiger partial charge in [0, 0.05) is 28.5 Å². The molecule has 2 aromatic heterocycles. The zero-order valence-electron chi connectivity index (χ0n) is 44.6. The van der Waals surface area contributed by atoms with Crippen molar-refractivity contribution in [3.8, 4) is 67.5 Å². The van der Waals surface area contributed by atoms with Crippen LogP contribution in [-0.4, -0.2) is 19.6 Å². The van der Waals surface area contributed by atoms with E-state index in [1.165, 1.54) is 22.3 Å². The summed E-state index contributed by atoms with van der Waals surface area (Å²) in [6, 6.07) is 48.8. The van der Waals surface area contributed by atoms with Gasteiger partial charge >= 0.3 is 0 Å². The van der Waals surface area contributed by atoms with Crippen LogP contribution in [0.4, 0.5) is 0 Å². The second-order valence-electron chi connectivity index (χ2n) is 25.1. The monoisotopic (exact) mass is 914 g/mol. The molecule has 0 bridgehead atoms. The van der Waals surface area contributed by atoms with Crippen molar-refractivity contribution in [2.75, 3.05) is 0 Å². The van der Waals surface area contributed by atoms with Crippen LogP contribution in [0, 0.1) is 5.41 Å². The lowest BCUT2D eigenvalue weighted by molar-refractivity contribution is 0.225. The summed E-state index contributed by atoms with van der Waals surface area (Å²) >= 11 is 0. The zero-order valence-corrected chi connectivity index (χ0v) is 44.6. The van der Waals surface area contributed by atoms with Gasteiger partial charge in [0.15, 0.2) is 0 Å². The van der Waals surface area contributed by atoms with Crippen LogP contribution in [-0.2, 0) is 27.1 Å². The molecule has 4 nitrogen and oxygen atoms in total. The molecule has 2 heterocycles. The van der Waals surface area contributed by atoms with Gasteiger partial charge in [0.2, 0.25) is 0 Å². The first-order valence-corrected chi connectivity index (χ1v) is 24.9. The van der Waals surface area contributed by atoms with E-state index in [4.69, 9.17) is 9.97 Å². The van der Waals surface area contributed by atoms with Gasteiger partial charge in [-0.2, -0.15) is 0 Å². The van der Waals surface area contributed by atoms with Crippen molar-refractivity contribution in [1.29, 1.82) is 0 Å². The summed E-state index contributed by atoms with van der Waals surface area (Å²) in [7, 11) is 0. The zero-order chi connectivity index (χ0) is 50.2. The maximum Gasteiger partial charge on any atom is 0.149 e. The number of para-hydroxylation sites is 1. The Morgan fingerprint density at radius 3 is 1.62 bits per heavy atom. The van der Waals surface area contributed by atoms with E-state index >= 15 is 0 Å². The number of phenolic OH excluding ortho intramolecular Hbond substituents is 1. The van der Waals surface area contributed by atoms with Crippen molar-refractivity contribution in [3.63, 3.8) is 0 Å². The molecule has 4 heteroatoms. The minimum Gasteiger partial charge on any atom is -0.507 e. The minimum atomic E-state index is -0.331. The summed E-state index contributed by atoms with van der Waals surface area (Å²) in [5.41, 5.74) is 17.2. The summed E-state index contributed by atoms with van der Waals surface area (Å²) in [5.74, 6) is 0.960. The molecule has 8 rings (SSSR count). The van der Waals surface area contributed by atoms with Gasteiger partial charge in [0.1, 0.15) is 11.6 Å². The molecule has 0 aliphatic carbocycles. The smallest absolute Gasteiger partial charge is 0.149 e. The Hall–Kier alpha value is -6.26. The molecule has 69 heavy (non-hydrogen) atoms. The standard InChI is InChI=1S/C65H75N3O/c1-60(2,3)46-28-26-41(27-29-46)43-32-33-66-54(37-43)45-34-44(35-48(36-45)61(4,5)6)50-24-21-25-56-57(50)67-59(52-39-49(62(7,8)9)40-53(58(52)69)63(10,11)12)68(56)55-31-30-47(65(16,17)64(13,14)15)38-51(55)42-22-19-18-20-23-42/h18-40,69H,1-17H3. The summed E-state index contributed by atoms with van der Waals surface area (Å²) in [6.45, 7) is 38.5. The van der Waals surface area contributed by atoms with E-state index in [1.807, 2.05) is 6.20 Å². The number of hydrogen-bond acceptors (Lipinski definition) is 3. The summed E-state index contributed by atoms with van der Waals surface area (Å²) < 4.78 is 2.31. The largest absolute Gasteiger partial charge is 0.507 e. The lowest BCUT2D eigenvalue weighted by atomic mass is 9.65. The van der Waals surface area contributed by atoms with Crippen molar-refractivity contribution in [2.24, 2.45) is 5.41 Å². The van der Waals surface area contributed by atoms with Crippen LogP contribution in [0.25, 0.3) is 72.7 Å². The Bertz CT molecular complexity index is 3180. The lowest BCUT2D eigenvalue weighted by Crippen LogP contribution is -2.34. The van der Waals surface area contributed by atoms with Crippen LogP contribution < -0.4 is 0 Å². The van der Waals surface area contributed by atoms with Crippen LogP contribution in [0.1, 0.15) is 146 Å². The third-order valence-corrected chi connectivity index (χ3v) is 14.9. The number of aromatic hydroxyl groups is 1. The average Bonchev–Trinajstić information content (AvgIpc) is 3.67. The van der Waals surface area contributed by atoms with Crippen LogP contribution in [0.5, 0.6) is 5.75 Å². The van der Waals surface area contributed by atoms with E-state index in [0.717, 1.165) is 66.9 Å². The fourth-order valence-corrected chi connectivity index (χ4v) is 9.26. The van der Waals surface area contributed by atoms with Gasteiger partial charge in [-0.05, 0) is 126 Å². The fourth-order valence-electron chi connectivity index (χ4n) is 9.26. The van der Waals surface area contributed by atoms with Gasteiger partial charge in [0.05, 0.1) is 28.0 Å². The van der Waals surface area contributed by atoms with Crippen molar-refractivity contribution >= 4 is 11.0 Å². The third kappa shape index (κ3) is 9.57. The van der Waals surface area contributed by atoms with Crippen LogP contribution in [0.2, 0.25) is 0 Å². The maximum absolute atomic E-state index is 12.7. The number of rotatable bonds is 7. The Morgan fingerprint density at radius 1 is 0.420 bits per heavy atom. The molecule has 0 saturated carbocycles. The van der Waals surface area contributed by atoms with E-state index in [9.17, 15) is 5.11 Å². The van der Waals surface area contributed by atoms with Crippen molar-refractivity contribution in [2.45, 2.75) is 145 Å². The number of hydrogen-bond donors (Lipinski definition) is 1. The van der Waals surface area contributed by atoms with Crippen molar-refractivity contribution in [3.05, 3.63) is 167 Å². The highest BCUT2D eigenvalue weighted by Crippen LogP contribution is 2.48. The molecular formula is C65H75N3O. The highest BCUT2D eigenvalue weighted by molar-refractivity contribution is 5.98. The molecule has 0 saturated heterocycles. The number of imidazole rings is 1. The van der Waals surface area contributed by atoms with E-state index in [0.29, 0.717) is 11.4 Å². The number of phenols is 1. The lowest BCUT2D eigenvalue weighted by Gasteiger charge is -2.40. The van der Waals surface area contributed by atoms with Gasteiger partial charge in [-0.3, -0.25) is 9.55 Å². The molecular weight excluding hydrogens is 839 g/mol. The first-order valence-electron chi connectivity index (χ1n) is 24.9. The van der Waals surface area contributed by atoms with Gasteiger partial charge in [-0.15, -0.1) is 0 Å². The van der Waals surface area contributed by atoms with E-state index in [2.05, 4.69) is 256 Å². The summed E-state index contributed by atoms with van der Waals surface area (Å²) in [6.07, 6.45) is 1.93. The van der Waals surface area contributed by atoms with Gasteiger partial charge in [0.25, 0.3) is 0 Å². The molecule has 0 spiro atoms. The average molecular weight is 914 g/mol. The topological polar surface area (TPSA) is 50.9 Å². The predicted octanol–water partition coefficient (Wildman–Crippen LogP) is 18.0. The molecule has 356 valence electrons. The number of nitrogens with zero attached hydrogens (tertiary/aromatic N) is 3. The molecule has 0 radical (unpaired) electrons. The van der Waals surface area contributed by atoms with Gasteiger partial charge in [-0.1, -0.05) is 203 Å². The van der Waals surface area contributed by atoms with Crippen LogP contribution >= 0.6 is 0 Å². The van der Waals surface area contributed by atoms with Gasteiger partial charge in [-0.25, -0.2) is 4.98 Å². The molecule has 1 N–H and O–H groups in total. The highest BCUT2D eigenvalue weighted by atomic mass is 16.3. The normalized spacial score (nSPS) is 13.1. The molecule has 0 unspecified atom stereocenters. The van der Waals surface area contributed by atoms with Crippen molar-refractivity contribution < 1.29 is 5.11 Å². The Morgan fingerprint density at radius 2 is 1.01 bits per heavy atom. The Labute approximate surface area is 414 Å². The quantitative estimate of drug-likeness (QED) is 0.173. The van der Waals surface area contributed by atoms with Crippen molar-refractivity contribution in [1.82, 2.24) is 14.5 Å². The molecule has 6 aromatic carbocycles. The minimum absolute atomic E-state index is 0.00175. The van der Waals surface area contributed by atoms with Gasteiger partial charge < -0.3 is 5.11 Å². The number of benzene rings is 6. The second-order valence-corrected chi connectivity index (χ2v) is 25.1. The SMILES string of the molecule is CC(C)(C)c1ccc(-c2ccnc(-c3cc(-c4cccc5c4nc(-c4cc(C(C)(C)C)cc(C(C)(C)C)c4O)n5-c4ccc(C(C)(C)C(C)(C)C)cc4-c4ccccc4)cc(C(C)(C)C)c3)c2)cc1. The third-order valence-electron chi connectivity index (χ3n) is 14.9. The molecule has 8 aromatic rings. The van der Waals surface area contributed by atoms with Crippen LogP contribution in [0.3, 0.4) is 0 Å². The number of fused-ring (bicyclic) bond motifs is 1. The molecule has 0 fully saturated rings. The Kier molecular flexibility index (Phi) is 12.3. The van der Waals surface area contributed by atoms with E-state index in [-0.39, 0.29) is 38.2 Å². The second kappa shape index (κ2) is 17.3. The molecule has 0 amide bonds. The Balaban J connectivity index is 1.44. The number of aromatic nitrogens is 3. The van der Waals surface area contributed by atoms with E-state index in [1.54, 1.807) is 0 Å². The fraction of sp³-hybridized carbons (Fsp3) is 0.354. The van der Waals surface area contributed by atoms with E-state index < -0.39 is 0 Å². The molecule has 0 aliphatic heterocycles. The maximum atomic E-state index is 12.7.